The third-order valence-electron chi connectivity index (χ3n) is 3.08. The van der Waals surface area contributed by atoms with E-state index in [1.54, 1.807) is 18.3 Å². The summed E-state index contributed by atoms with van der Waals surface area (Å²) < 4.78 is 0. The molecule has 1 N–H and O–H groups in total. The quantitative estimate of drug-likeness (QED) is 0.805. The molecule has 3 aromatic rings. The van der Waals surface area contributed by atoms with E-state index in [2.05, 4.69) is 15.5 Å². The molecule has 1 heterocycles. The molecule has 0 saturated carbocycles. The zero-order valence-corrected chi connectivity index (χ0v) is 11.8. The third-order valence-corrected chi connectivity index (χ3v) is 3.32. The first-order chi connectivity index (χ1) is 10.2. The molecule has 0 unspecified atom stereocenters. The molecule has 0 saturated heterocycles. The van der Waals surface area contributed by atoms with Gasteiger partial charge in [0.15, 0.2) is 5.82 Å². The lowest BCUT2D eigenvalue weighted by molar-refractivity contribution is -0.115. The minimum Gasteiger partial charge on any atom is -0.308 e. The lowest BCUT2D eigenvalue weighted by Gasteiger charge is -2.07. The molecule has 5 heteroatoms. The largest absolute Gasteiger partial charge is 0.308 e. The lowest BCUT2D eigenvalue weighted by Crippen LogP contribution is -2.15. The monoisotopic (exact) mass is 297 g/mol. The van der Waals surface area contributed by atoms with Crippen LogP contribution < -0.4 is 5.32 Å². The van der Waals surface area contributed by atoms with Crippen molar-refractivity contribution in [1.82, 2.24) is 10.2 Å². The van der Waals surface area contributed by atoms with E-state index in [1.807, 2.05) is 36.4 Å². The van der Waals surface area contributed by atoms with Crippen molar-refractivity contribution in [1.29, 1.82) is 0 Å². The molecule has 1 amide bonds. The van der Waals surface area contributed by atoms with Gasteiger partial charge in [0.1, 0.15) is 0 Å². The Morgan fingerprint density at radius 3 is 2.86 bits per heavy atom. The zero-order chi connectivity index (χ0) is 14.7. The molecule has 3 rings (SSSR count). The molecule has 104 valence electrons. The molecule has 0 atom stereocenters. The second-order valence-corrected chi connectivity index (χ2v) is 5.07. The Hall–Kier alpha value is -2.46. The number of aromatic nitrogens is 2. The number of hydrogen-bond donors (Lipinski definition) is 1. The molecule has 21 heavy (non-hydrogen) atoms. The van der Waals surface area contributed by atoms with Crippen molar-refractivity contribution in [3.8, 4) is 0 Å². The zero-order valence-electron chi connectivity index (χ0n) is 11.1. The van der Waals surface area contributed by atoms with E-state index < -0.39 is 0 Å². The Bertz CT molecular complexity index is 799. The molecule has 0 aliphatic rings. The molecule has 0 bridgehead atoms. The second-order valence-electron chi connectivity index (χ2n) is 4.64. The van der Waals surface area contributed by atoms with Crippen molar-refractivity contribution in [2.75, 3.05) is 5.32 Å². The summed E-state index contributed by atoms with van der Waals surface area (Å²) in [6.07, 6.45) is 1.91. The van der Waals surface area contributed by atoms with Gasteiger partial charge >= 0.3 is 0 Å². The highest BCUT2D eigenvalue weighted by Crippen LogP contribution is 2.19. The molecule has 0 fully saturated rings. The fraction of sp³-hybridized carbons (Fsp3) is 0.0625. The maximum Gasteiger partial charge on any atom is 0.230 e. The van der Waals surface area contributed by atoms with E-state index in [0.717, 1.165) is 16.3 Å². The van der Waals surface area contributed by atoms with Crippen LogP contribution in [0.1, 0.15) is 5.56 Å². The number of carbonyl (C=O) groups excluding carboxylic acids is 1. The van der Waals surface area contributed by atoms with E-state index in [9.17, 15) is 4.79 Å². The number of carbonyl (C=O) groups is 1. The van der Waals surface area contributed by atoms with Gasteiger partial charge in [-0.1, -0.05) is 48.0 Å². The molecule has 2 aromatic carbocycles. The fourth-order valence-electron chi connectivity index (χ4n) is 2.13. The van der Waals surface area contributed by atoms with E-state index in [-0.39, 0.29) is 12.3 Å². The van der Waals surface area contributed by atoms with Gasteiger partial charge in [0.25, 0.3) is 0 Å². The van der Waals surface area contributed by atoms with E-state index in [4.69, 9.17) is 11.6 Å². The average Bonchev–Trinajstić information content (AvgIpc) is 2.47. The number of anilines is 1. The Labute approximate surface area is 126 Å². The summed E-state index contributed by atoms with van der Waals surface area (Å²) >= 11 is 5.91. The predicted molar refractivity (Wildman–Crippen MR) is 83.3 cm³/mol. The summed E-state index contributed by atoms with van der Waals surface area (Å²) in [5.41, 5.74) is 0.855. The first kappa shape index (κ1) is 13.5. The van der Waals surface area contributed by atoms with Crippen LogP contribution in [0.2, 0.25) is 5.02 Å². The second kappa shape index (κ2) is 5.89. The van der Waals surface area contributed by atoms with Crippen LogP contribution in [0.15, 0.2) is 54.7 Å². The Morgan fingerprint density at radius 2 is 2.00 bits per heavy atom. The normalized spacial score (nSPS) is 10.5. The minimum atomic E-state index is -0.150. The molecule has 0 aliphatic heterocycles. The maximum atomic E-state index is 12.1. The number of nitrogens with one attached hydrogen (secondary N) is 1. The summed E-state index contributed by atoms with van der Waals surface area (Å²) in [5, 5.41) is 13.1. The average molecular weight is 298 g/mol. The topological polar surface area (TPSA) is 54.9 Å². The Kier molecular flexibility index (Phi) is 3.79. The number of fused-ring (bicyclic) bond motifs is 1. The highest BCUT2D eigenvalue weighted by atomic mass is 35.5. The number of amides is 1. The van der Waals surface area contributed by atoms with Crippen molar-refractivity contribution in [2.45, 2.75) is 6.42 Å². The van der Waals surface area contributed by atoms with Gasteiger partial charge in [-0.25, -0.2) is 0 Å². The van der Waals surface area contributed by atoms with E-state index in [0.29, 0.717) is 10.8 Å². The predicted octanol–water partition coefficient (Wildman–Crippen LogP) is 3.46. The van der Waals surface area contributed by atoms with Gasteiger partial charge in [0.2, 0.25) is 5.91 Å². The van der Waals surface area contributed by atoms with E-state index in [1.165, 1.54) is 0 Å². The minimum absolute atomic E-state index is 0.150. The van der Waals surface area contributed by atoms with Crippen LogP contribution in [-0.2, 0) is 11.2 Å². The molecule has 0 aliphatic carbocycles. The number of benzene rings is 2. The van der Waals surface area contributed by atoms with Gasteiger partial charge in [-0.05, 0) is 17.7 Å². The van der Waals surface area contributed by atoms with Crippen LogP contribution in [0.5, 0.6) is 0 Å². The van der Waals surface area contributed by atoms with Crippen molar-refractivity contribution in [3.05, 3.63) is 65.3 Å². The van der Waals surface area contributed by atoms with Crippen LogP contribution in [-0.4, -0.2) is 16.1 Å². The van der Waals surface area contributed by atoms with Crippen LogP contribution in [0.3, 0.4) is 0 Å². The van der Waals surface area contributed by atoms with Crippen LogP contribution in [0.4, 0.5) is 5.82 Å². The summed E-state index contributed by atoms with van der Waals surface area (Å²) in [4.78, 5) is 12.1. The van der Waals surface area contributed by atoms with Crippen LogP contribution in [0.25, 0.3) is 10.8 Å². The molecule has 1 aromatic heterocycles. The van der Waals surface area contributed by atoms with Crippen LogP contribution in [0, 0.1) is 0 Å². The fourth-order valence-corrected chi connectivity index (χ4v) is 2.34. The lowest BCUT2D eigenvalue weighted by atomic mass is 10.1. The van der Waals surface area contributed by atoms with Crippen molar-refractivity contribution in [3.63, 3.8) is 0 Å². The molecule has 4 nitrogen and oxygen atoms in total. The van der Waals surface area contributed by atoms with Crippen molar-refractivity contribution >= 4 is 34.1 Å². The van der Waals surface area contributed by atoms with Gasteiger partial charge in [0, 0.05) is 15.8 Å². The summed E-state index contributed by atoms with van der Waals surface area (Å²) in [5.74, 6) is 0.322. The van der Waals surface area contributed by atoms with Crippen molar-refractivity contribution < 1.29 is 4.79 Å². The SMILES string of the molecule is O=C(Cc1cccc(Cl)c1)Nc1nncc2ccccc12. The summed E-state index contributed by atoms with van der Waals surface area (Å²) in [6, 6.07) is 14.9. The first-order valence-corrected chi connectivity index (χ1v) is 6.85. The molecule has 0 radical (unpaired) electrons. The molecule has 0 spiro atoms. The van der Waals surface area contributed by atoms with Gasteiger partial charge in [0.05, 0.1) is 12.6 Å². The van der Waals surface area contributed by atoms with E-state index >= 15 is 0 Å². The maximum absolute atomic E-state index is 12.1. The smallest absolute Gasteiger partial charge is 0.230 e. The highest BCUT2D eigenvalue weighted by Gasteiger charge is 2.08. The van der Waals surface area contributed by atoms with Gasteiger partial charge in [-0.3, -0.25) is 4.79 Å². The number of halogens is 1. The van der Waals surface area contributed by atoms with Crippen LogP contribution >= 0.6 is 11.6 Å². The Balaban J connectivity index is 1.80. The summed E-state index contributed by atoms with van der Waals surface area (Å²) in [7, 11) is 0. The highest BCUT2D eigenvalue weighted by molar-refractivity contribution is 6.30. The molecular weight excluding hydrogens is 286 g/mol. The standard InChI is InChI=1S/C16H12ClN3O/c17-13-6-3-4-11(8-13)9-15(21)19-16-14-7-2-1-5-12(14)10-18-20-16/h1-8,10H,9H2,(H,19,20,21). The first-order valence-electron chi connectivity index (χ1n) is 6.47. The van der Waals surface area contributed by atoms with Gasteiger partial charge in [-0.2, -0.15) is 5.10 Å². The number of nitrogens with zero attached hydrogens (tertiary/aromatic N) is 2. The van der Waals surface area contributed by atoms with Crippen molar-refractivity contribution in [2.24, 2.45) is 0 Å². The molecular formula is C16H12ClN3O. The summed E-state index contributed by atoms with van der Waals surface area (Å²) in [6.45, 7) is 0. The Morgan fingerprint density at radius 1 is 1.14 bits per heavy atom. The number of hydrogen-bond acceptors (Lipinski definition) is 3. The third kappa shape index (κ3) is 3.17. The number of rotatable bonds is 3. The van der Waals surface area contributed by atoms with Gasteiger partial charge in [-0.15, -0.1) is 5.10 Å². The van der Waals surface area contributed by atoms with Gasteiger partial charge < -0.3 is 5.32 Å².